The van der Waals surface area contributed by atoms with Crippen LogP contribution in [0.25, 0.3) is 0 Å². The Morgan fingerprint density at radius 3 is 2.62 bits per heavy atom. The summed E-state index contributed by atoms with van der Waals surface area (Å²) in [7, 11) is -3.12. The van der Waals surface area contributed by atoms with E-state index in [1.807, 2.05) is 13.8 Å². The summed E-state index contributed by atoms with van der Waals surface area (Å²) in [6.07, 6.45) is 0. The van der Waals surface area contributed by atoms with E-state index in [2.05, 4.69) is 15.9 Å². The van der Waals surface area contributed by atoms with Crippen LogP contribution in [0.4, 0.5) is 0 Å². The minimum absolute atomic E-state index is 0.0178. The van der Waals surface area contributed by atoms with E-state index < -0.39 is 10.0 Å². The number of sulfonamides is 1. The number of ether oxygens (including phenoxy) is 1. The number of rotatable bonds is 2. The van der Waals surface area contributed by atoms with Gasteiger partial charge in [-0.1, -0.05) is 15.9 Å². The van der Waals surface area contributed by atoms with Gasteiger partial charge in [0.25, 0.3) is 0 Å². The molecule has 1 saturated heterocycles. The van der Waals surface area contributed by atoms with Crippen LogP contribution < -0.4 is 0 Å². The highest BCUT2D eigenvalue weighted by molar-refractivity contribution is 9.10. The van der Waals surface area contributed by atoms with Crippen LogP contribution in [0, 0.1) is 0 Å². The third kappa shape index (κ3) is 2.90. The zero-order valence-electron chi connectivity index (χ0n) is 7.79. The van der Waals surface area contributed by atoms with E-state index in [0.717, 1.165) is 0 Å². The van der Waals surface area contributed by atoms with Gasteiger partial charge in [-0.05, 0) is 13.8 Å². The van der Waals surface area contributed by atoms with Gasteiger partial charge in [0.05, 0.1) is 12.2 Å². The quantitative estimate of drug-likeness (QED) is 0.698. The molecule has 6 heteroatoms. The van der Waals surface area contributed by atoms with Gasteiger partial charge in [0.1, 0.15) is 4.66 Å². The van der Waals surface area contributed by atoms with E-state index in [9.17, 15) is 8.42 Å². The molecule has 13 heavy (non-hydrogen) atoms. The fourth-order valence-corrected chi connectivity index (χ4v) is 3.15. The van der Waals surface area contributed by atoms with Gasteiger partial charge in [-0.15, -0.1) is 0 Å². The van der Waals surface area contributed by atoms with Gasteiger partial charge in [-0.3, -0.25) is 0 Å². The molecule has 0 aliphatic carbocycles. The molecule has 0 amide bonds. The lowest BCUT2D eigenvalue weighted by Crippen LogP contribution is -2.50. The first-order valence-electron chi connectivity index (χ1n) is 4.05. The molecule has 0 unspecified atom stereocenters. The summed E-state index contributed by atoms with van der Waals surface area (Å²) in [4.78, 5) is 0. The number of hydrogen-bond acceptors (Lipinski definition) is 3. The van der Waals surface area contributed by atoms with E-state index in [0.29, 0.717) is 19.7 Å². The van der Waals surface area contributed by atoms with Crippen LogP contribution in [0.2, 0.25) is 0 Å². The molecule has 0 N–H and O–H groups in total. The van der Waals surface area contributed by atoms with Crippen molar-refractivity contribution in [1.29, 1.82) is 0 Å². The maximum Gasteiger partial charge on any atom is 0.224 e. The molecule has 0 spiro atoms. The van der Waals surface area contributed by atoms with Crippen LogP contribution in [0.1, 0.15) is 13.8 Å². The fraction of sp³-hybridized carbons (Fsp3) is 1.00. The molecule has 1 aliphatic heterocycles. The lowest BCUT2D eigenvalue weighted by atomic mass is 10.1. The van der Waals surface area contributed by atoms with Crippen LogP contribution in [-0.2, 0) is 14.8 Å². The Hall–Kier alpha value is 0.350. The molecular formula is C7H14BrNO3S. The minimum Gasteiger partial charge on any atom is -0.373 e. The first kappa shape index (κ1) is 11.4. The van der Waals surface area contributed by atoms with Gasteiger partial charge in [0, 0.05) is 13.1 Å². The molecular weight excluding hydrogens is 258 g/mol. The molecule has 4 nitrogen and oxygen atoms in total. The molecule has 0 aromatic heterocycles. The van der Waals surface area contributed by atoms with E-state index in [1.54, 1.807) is 0 Å². The molecule has 0 bridgehead atoms. The van der Waals surface area contributed by atoms with Crippen LogP contribution in [0.3, 0.4) is 0 Å². The Balaban J connectivity index is 2.73. The molecule has 1 fully saturated rings. The largest absolute Gasteiger partial charge is 0.373 e. The summed E-state index contributed by atoms with van der Waals surface area (Å²) in [5, 5.41) is 0. The summed E-state index contributed by atoms with van der Waals surface area (Å²) in [5.41, 5.74) is -0.368. The standard InChI is InChI=1S/C7H14BrNO3S/c1-7(2)5-9(3-4-12-7)13(10,11)6-8/h3-6H2,1-2H3. The summed E-state index contributed by atoms with van der Waals surface area (Å²) in [6.45, 7) is 5.14. The molecule has 0 radical (unpaired) electrons. The van der Waals surface area contributed by atoms with Gasteiger partial charge in [0.2, 0.25) is 10.0 Å². The van der Waals surface area contributed by atoms with Crippen molar-refractivity contribution in [3.8, 4) is 0 Å². The molecule has 0 aromatic rings. The van der Waals surface area contributed by atoms with Crippen LogP contribution in [0.15, 0.2) is 0 Å². The summed E-state index contributed by atoms with van der Waals surface area (Å²) in [5.74, 6) is 0. The molecule has 1 heterocycles. The highest BCUT2D eigenvalue weighted by Gasteiger charge is 2.33. The Morgan fingerprint density at radius 1 is 1.54 bits per heavy atom. The average Bonchev–Trinajstić information content (AvgIpc) is 2.03. The molecule has 0 saturated carbocycles. The predicted molar refractivity (Wildman–Crippen MR) is 54.3 cm³/mol. The van der Waals surface area contributed by atoms with Crippen molar-refractivity contribution < 1.29 is 13.2 Å². The SMILES string of the molecule is CC1(C)CN(S(=O)(=O)CBr)CCO1. The second kappa shape index (κ2) is 3.84. The highest BCUT2D eigenvalue weighted by atomic mass is 79.9. The van der Waals surface area contributed by atoms with Crippen LogP contribution >= 0.6 is 15.9 Å². The predicted octanol–water partition coefficient (Wildman–Crippen LogP) is 0.779. The normalized spacial score (nSPS) is 24.5. The van der Waals surface area contributed by atoms with Crippen molar-refractivity contribution in [2.45, 2.75) is 19.4 Å². The zero-order valence-corrected chi connectivity index (χ0v) is 10.2. The van der Waals surface area contributed by atoms with Crippen molar-refractivity contribution in [2.24, 2.45) is 0 Å². The maximum absolute atomic E-state index is 11.5. The summed E-state index contributed by atoms with van der Waals surface area (Å²) < 4.78 is 29.8. The highest BCUT2D eigenvalue weighted by Crippen LogP contribution is 2.19. The van der Waals surface area contributed by atoms with Crippen molar-refractivity contribution in [3.05, 3.63) is 0 Å². The second-order valence-corrected chi connectivity index (χ2v) is 6.93. The van der Waals surface area contributed by atoms with Crippen LogP contribution in [-0.4, -0.2) is 42.7 Å². The first-order valence-corrected chi connectivity index (χ1v) is 6.78. The van der Waals surface area contributed by atoms with Gasteiger partial charge in [0.15, 0.2) is 0 Å². The molecule has 78 valence electrons. The molecule has 1 aliphatic rings. The van der Waals surface area contributed by atoms with Crippen LogP contribution in [0.5, 0.6) is 0 Å². The van der Waals surface area contributed by atoms with Gasteiger partial charge < -0.3 is 4.74 Å². The van der Waals surface area contributed by atoms with E-state index >= 15 is 0 Å². The third-order valence-corrected chi connectivity index (χ3v) is 5.03. The van der Waals surface area contributed by atoms with Crippen molar-refractivity contribution in [3.63, 3.8) is 0 Å². The lowest BCUT2D eigenvalue weighted by Gasteiger charge is -2.36. The minimum atomic E-state index is -3.12. The Morgan fingerprint density at radius 2 is 2.15 bits per heavy atom. The topological polar surface area (TPSA) is 46.6 Å². The number of hydrogen-bond donors (Lipinski definition) is 0. The molecule has 1 rings (SSSR count). The molecule has 0 atom stereocenters. The zero-order chi connectivity index (χ0) is 10.1. The fourth-order valence-electron chi connectivity index (χ4n) is 1.28. The van der Waals surface area contributed by atoms with Crippen molar-refractivity contribution >= 4 is 26.0 Å². The van der Waals surface area contributed by atoms with Crippen molar-refractivity contribution in [2.75, 3.05) is 24.4 Å². The van der Waals surface area contributed by atoms with Gasteiger partial charge in [-0.25, -0.2) is 8.42 Å². The number of nitrogens with zero attached hydrogens (tertiary/aromatic N) is 1. The Labute approximate surface area is 87.4 Å². The van der Waals surface area contributed by atoms with Gasteiger partial charge in [-0.2, -0.15) is 4.31 Å². The number of halogens is 1. The summed E-state index contributed by atoms with van der Waals surface area (Å²) in [6, 6.07) is 0. The Bertz CT molecular complexity index is 275. The first-order chi connectivity index (χ1) is 5.87. The number of morpholine rings is 1. The lowest BCUT2D eigenvalue weighted by molar-refractivity contribution is -0.0639. The second-order valence-electron chi connectivity index (χ2n) is 3.66. The number of alkyl halides is 1. The maximum atomic E-state index is 11.5. The van der Waals surface area contributed by atoms with E-state index in [1.165, 1.54) is 4.31 Å². The molecule has 0 aromatic carbocycles. The van der Waals surface area contributed by atoms with E-state index in [4.69, 9.17) is 4.74 Å². The van der Waals surface area contributed by atoms with Crippen molar-refractivity contribution in [1.82, 2.24) is 4.31 Å². The summed E-state index contributed by atoms with van der Waals surface area (Å²) >= 11 is 2.97. The van der Waals surface area contributed by atoms with E-state index in [-0.39, 0.29) is 10.3 Å². The average molecular weight is 272 g/mol. The monoisotopic (exact) mass is 271 g/mol. The smallest absolute Gasteiger partial charge is 0.224 e. The Kier molecular flexibility index (Phi) is 3.38. The third-order valence-electron chi connectivity index (χ3n) is 1.92. The van der Waals surface area contributed by atoms with Gasteiger partial charge >= 0.3 is 0 Å².